The number of aromatic nitrogens is 1. The molecule has 0 fully saturated rings. The van der Waals surface area contributed by atoms with Crippen LogP contribution in [0.3, 0.4) is 0 Å². The Bertz CT molecular complexity index is 973. The Morgan fingerprint density at radius 3 is 2.41 bits per heavy atom. The Morgan fingerprint density at radius 2 is 1.74 bits per heavy atom. The first-order valence-corrected chi connectivity index (χ1v) is 9.51. The number of anilines is 1. The van der Waals surface area contributed by atoms with Crippen LogP contribution < -0.4 is 5.32 Å². The molecule has 2 heterocycles. The van der Waals surface area contributed by atoms with E-state index in [0.717, 1.165) is 21.0 Å². The van der Waals surface area contributed by atoms with Crippen LogP contribution in [0.2, 0.25) is 0 Å². The second-order valence-electron chi connectivity index (χ2n) is 6.41. The molecule has 1 atom stereocenters. The van der Waals surface area contributed by atoms with Crippen LogP contribution in [0.25, 0.3) is 5.00 Å². The van der Waals surface area contributed by atoms with E-state index >= 15 is 0 Å². The van der Waals surface area contributed by atoms with Crippen molar-refractivity contribution < 1.29 is 14.3 Å². The van der Waals surface area contributed by atoms with E-state index in [1.54, 1.807) is 6.92 Å². The molecule has 1 aromatic carbocycles. The molecule has 6 heteroatoms. The summed E-state index contributed by atoms with van der Waals surface area (Å²) < 4.78 is 7.37. The second kappa shape index (κ2) is 7.80. The van der Waals surface area contributed by atoms with Crippen molar-refractivity contribution in [3.05, 3.63) is 70.4 Å². The predicted octanol–water partition coefficient (Wildman–Crippen LogP) is 4.65. The quantitative estimate of drug-likeness (QED) is 0.654. The Morgan fingerprint density at radius 1 is 1.07 bits per heavy atom. The maximum Gasteiger partial charge on any atom is 0.342 e. The molecule has 5 nitrogen and oxygen atoms in total. The number of carbonyl (C=O) groups is 2. The standard InChI is InChI=1S/C21H22N2O3S/c1-13-9-5-6-10-17(13)22-19(24)15(3)26-21(25)18-14(2)16(4)27-20(18)23-11-7-8-12-23/h5-12,15H,1-4H3,(H,22,24). The van der Waals surface area contributed by atoms with Gasteiger partial charge < -0.3 is 14.6 Å². The summed E-state index contributed by atoms with van der Waals surface area (Å²) in [5.41, 5.74) is 3.04. The van der Waals surface area contributed by atoms with Crippen LogP contribution in [-0.4, -0.2) is 22.5 Å². The highest BCUT2D eigenvalue weighted by atomic mass is 32.1. The van der Waals surface area contributed by atoms with E-state index in [9.17, 15) is 9.59 Å². The van der Waals surface area contributed by atoms with Gasteiger partial charge in [-0.2, -0.15) is 0 Å². The second-order valence-corrected chi connectivity index (χ2v) is 7.61. The summed E-state index contributed by atoms with van der Waals surface area (Å²) in [7, 11) is 0. The molecule has 1 amide bonds. The molecule has 0 aliphatic rings. The molecular formula is C21H22N2O3S. The first-order chi connectivity index (χ1) is 12.9. The maximum absolute atomic E-state index is 12.8. The number of nitrogens with one attached hydrogen (secondary N) is 1. The van der Waals surface area contributed by atoms with Crippen molar-refractivity contribution >= 4 is 28.9 Å². The van der Waals surface area contributed by atoms with Gasteiger partial charge in [-0.25, -0.2) is 4.79 Å². The molecule has 2 aromatic heterocycles. The summed E-state index contributed by atoms with van der Waals surface area (Å²) in [6.45, 7) is 7.36. The normalized spacial score (nSPS) is 11.9. The lowest BCUT2D eigenvalue weighted by Crippen LogP contribution is -2.30. The molecule has 0 bridgehead atoms. The lowest BCUT2D eigenvalue weighted by atomic mass is 10.1. The van der Waals surface area contributed by atoms with Gasteiger partial charge >= 0.3 is 5.97 Å². The fourth-order valence-corrected chi connectivity index (χ4v) is 3.83. The Balaban J connectivity index is 1.77. The first kappa shape index (κ1) is 18.9. The van der Waals surface area contributed by atoms with Crippen LogP contribution in [0.4, 0.5) is 5.69 Å². The third-order valence-corrected chi connectivity index (χ3v) is 5.69. The molecule has 0 aliphatic heterocycles. The van der Waals surface area contributed by atoms with Crippen LogP contribution >= 0.6 is 11.3 Å². The van der Waals surface area contributed by atoms with E-state index in [1.807, 2.05) is 74.1 Å². The molecule has 3 aromatic rings. The third kappa shape index (κ3) is 3.95. The van der Waals surface area contributed by atoms with Gasteiger partial charge in [0.2, 0.25) is 0 Å². The number of carbonyl (C=O) groups excluding carboxylic acids is 2. The van der Waals surface area contributed by atoms with Crippen molar-refractivity contribution in [1.82, 2.24) is 4.57 Å². The van der Waals surface area contributed by atoms with E-state index in [2.05, 4.69) is 5.32 Å². The molecule has 140 valence electrons. The molecule has 0 spiro atoms. The molecular weight excluding hydrogens is 360 g/mol. The highest BCUT2D eigenvalue weighted by molar-refractivity contribution is 7.15. The lowest BCUT2D eigenvalue weighted by Gasteiger charge is -2.15. The third-order valence-electron chi connectivity index (χ3n) is 4.47. The number of hydrogen-bond acceptors (Lipinski definition) is 4. The molecule has 0 aliphatic carbocycles. The van der Waals surface area contributed by atoms with Crippen molar-refractivity contribution in [2.75, 3.05) is 5.32 Å². The molecule has 0 radical (unpaired) electrons. The number of hydrogen-bond donors (Lipinski definition) is 1. The Labute approximate surface area is 162 Å². The van der Waals surface area contributed by atoms with Gasteiger partial charge in [-0.15, -0.1) is 11.3 Å². The molecule has 3 rings (SSSR count). The molecule has 0 saturated heterocycles. The number of esters is 1. The van der Waals surface area contributed by atoms with Crippen LogP contribution in [0.1, 0.15) is 33.3 Å². The number of benzene rings is 1. The smallest absolute Gasteiger partial charge is 0.342 e. The predicted molar refractivity (Wildman–Crippen MR) is 108 cm³/mol. The number of para-hydroxylation sites is 1. The highest BCUT2D eigenvalue weighted by Crippen LogP contribution is 2.31. The lowest BCUT2D eigenvalue weighted by molar-refractivity contribution is -0.123. The van der Waals surface area contributed by atoms with E-state index in [-0.39, 0.29) is 5.91 Å². The zero-order valence-corrected chi connectivity index (χ0v) is 16.6. The van der Waals surface area contributed by atoms with Gasteiger partial charge in [0.05, 0.1) is 5.56 Å². The maximum atomic E-state index is 12.8. The minimum absolute atomic E-state index is 0.357. The number of ether oxygens (including phenoxy) is 1. The Kier molecular flexibility index (Phi) is 5.46. The average Bonchev–Trinajstić information content (AvgIpc) is 3.25. The van der Waals surface area contributed by atoms with E-state index in [1.165, 1.54) is 11.3 Å². The van der Waals surface area contributed by atoms with Crippen molar-refractivity contribution in [2.24, 2.45) is 0 Å². The van der Waals surface area contributed by atoms with Gasteiger partial charge in [0.25, 0.3) is 5.91 Å². The summed E-state index contributed by atoms with van der Waals surface area (Å²) in [5, 5.41) is 3.61. The fourth-order valence-electron chi connectivity index (χ4n) is 2.72. The number of aryl methyl sites for hydroxylation is 2. The molecule has 27 heavy (non-hydrogen) atoms. The monoisotopic (exact) mass is 382 g/mol. The van der Waals surface area contributed by atoms with E-state index in [0.29, 0.717) is 11.3 Å². The topological polar surface area (TPSA) is 60.3 Å². The average molecular weight is 382 g/mol. The minimum Gasteiger partial charge on any atom is -0.449 e. The number of thiophene rings is 1. The zero-order chi connectivity index (χ0) is 19.6. The van der Waals surface area contributed by atoms with Crippen LogP contribution in [0.5, 0.6) is 0 Å². The van der Waals surface area contributed by atoms with Gasteiger partial charge in [-0.1, -0.05) is 18.2 Å². The largest absolute Gasteiger partial charge is 0.449 e. The van der Waals surface area contributed by atoms with Crippen LogP contribution in [-0.2, 0) is 9.53 Å². The molecule has 1 N–H and O–H groups in total. The van der Waals surface area contributed by atoms with Gasteiger partial charge in [-0.05, 0) is 57.0 Å². The molecule has 0 saturated carbocycles. The van der Waals surface area contributed by atoms with Gasteiger partial charge in [-0.3, -0.25) is 4.79 Å². The number of nitrogens with zero attached hydrogens (tertiary/aromatic N) is 1. The van der Waals surface area contributed by atoms with Gasteiger partial charge in [0.1, 0.15) is 5.00 Å². The van der Waals surface area contributed by atoms with Gasteiger partial charge in [0.15, 0.2) is 6.10 Å². The van der Waals surface area contributed by atoms with Crippen molar-refractivity contribution in [3.8, 4) is 5.00 Å². The number of amides is 1. The highest BCUT2D eigenvalue weighted by Gasteiger charge is 2.26. The van der Waals surface area contributed by atoms with Crippen molar-refractivity contribution in [1.29, 1.82) is 0 Å². The first-order valence-electron chi connectivity index (χ1n) is 8.69. The van der Waals surface area contributed by atoms with Crippen LogP contribution in [0, 0.1) is 20.8 Å². The summed E-state index contributed by atoms with van der Waals surface area (Å²) in [5.74, 6) is -0.849. The molecule has 1 unspecified atom stereocenters. The van der Waals surface area contributed by atoms with Crippen molar-refractivity contribution in [3.63, 3.8) is 0 Å². The van der Waals surface area contributed by atoms with Gasteiger partial charge in [0, 0.05) is 23.0 Å². The van der Waals surface area contributed by atoms with Crippen LogP contribution in [0.15, 0.2) is 48.8 Å². The fraction of sp³-hybridized carbons (Fsp3) is 0.238. The summed E-state index contributed by atoms with van der Waals surface area (Å²) in [6.07, 6.45) is 2.86. The summed E-state index contributed by atoms with van der Waals surface area (Å²) in [4.78, 5) is 26.3. The zero-order valence-electron chi connectivity index (χ0n) is 15.8. The summed E-state index contributed by atoms with van der Waals surface area (Å²) in [6, 6.07) is 11.3. The van der Waals surface area contributed by atoms with E-state index < -0.39 is 12.1 Å². The van der Waals surface area contributed by atoms with E-state index in [4.69, 9.17) is 4.74 Å². The Hall–Kier alpha value is -2.86. The van der Waals surface area contributed by atoms with Crippen molar-refractivity contribution in [2.45, 2.75) is 33.8 Å². The SMILES string of the molecule is Cc1ccccc1NC(=O)C(C)OC(=O)c1c(-n2cccc2)sc(C)c1C. The summed E-state index contributed by atoms with van der Waals surface area (Å²) >= 11 is 1.53. The number of rotatable bonds is 5. The minimum atomic E-state index is -0.908.